The molecule has 2 rings (SSSR count). The van der Waals surface area contributed by atoms with Crippen LogP contribution in [0, 0.1) is 23.2 Å². The molecule has 1 aliphatic rings. The number of alkyl halides is 1. The second-order valence-corrected chi connectivity index (χ2v) is 8.99. The number of aryl methyl sites for hydroxylation is 1. The third-order valence-electron chi connectivity index (χ3n) is 4.75. The maximum atomic E-state index is 12.7. The Bertz CT molecular complexity index is 671. The Morgan fingerprint density at radius 3 is 2.88 bits per heavy atom. The molecular weight excluding hydrogens is 415 g/mol. The average molecular weight is 439 g/mol. The molecule has 0 fully saturated rings. The summed E-state index contributed by atoms with van der Waals surface area (Å²) >= 11 is -0.0718. The number of rotatable bonds is 8. The number of nitrogens with zero attached hydrogens (tertiary/aromatic N) is 2. The van der Waals surface area contributed by atoms with E-state index < -0.39 is 5.92 Å². The molecular formula is C19H24IN2O2-. The van der Waals surface area contributed by atoms with E-state index in [1.807, 2.05) is 34.9 Å². The quantitative estimate of drug-likeness (QED) is 0.256. The van der Waals surface area contributed by atoms with E-state index in [1.54, 1.807) is 0 Å². The topological polar surface area (TPSA) is 62.9 Å². The van der Waals surface area contributed by atoms with Crippen LogP contribution in [0.5, 0.6) is 0 Å². The van der Waals surface area contributed by atoms with Gasteiger partial charge in [0.05, 0.1) is 0 Å². The van der Waals surface area contributed by atoms with Gasteiger partial charge in [-0.25, -0.2) is 0 Å². The van der Waals surface area contributed by atoms with E-state index >= 15 is 0 Å². The molecule has 3 atom stereocenters. The number of hydrogen-bond acceptors (Lipinski definition) is 3. The fraction of sp³-hybridized carbons (Fsp3) is 0.526. The van der Waals surface area contributed by atoms with Crippen molar-refractivity contribution in [3.05, 3.63) is 34.2 Å². The number of halogens is 1. The molecule has 0 aromatic carbocycles. The number of hydrogen-bond donors (Lipinski definition) is 0. The molecule has 5 heteroatoms. The van der Waals surface area contributed by atoms with Gasteiger partial charge in [-0.05, 0) is 0 Å². The molecule has 0 saturated heterocycles. The van der Waals surface area contributed by atoms with Gasteiger partial charge in [0.1, 0.15) is 0 Å². The van der Waals surface area contributed by atoms with Crippen LogP contribution in [0.15, 0.2) is 22.9 Å². The van der Waals surface area contributed by atoms with Crippen molar-refractivity contribution in [1.82, 2.24) is 4.57 Å². The Balaban J connectivity index is 1.92. The summed E-state index contributed by atoms with van der Waals surface area (Å²) in [6.07, 6.45) is 5.02. The molecule has 0 radical (unpaired) electrons. The van der Waals surface area contributed by atoms with Gasteiger partial charge in [-0.1, -0.05) is 0 Å². The van der Waals surface area contributed by atoms with Gasteiger partial charge in [0.25, 0.3) is 0 Å². The van der Waals surface area contributed by atoms with E-state index in [2.05, 4.69) is 12.6 Å². The van der Waals surface area contributed by atoms with Gasteiger partial charge >= 0.3 is 154 Å². The summed E-state index contributed by atoms with van der Waals surface area (Å²) in [5.74, 6) is -0.606. The molecule has 4 nitrogen and oxygen atoms in total. The van der Waals surface area contributed by atoms with Gasteiger partial charge in [0.2, 0.25) is 0 Å². The van der Waals surface area contributed by atoms with Crippen LogP contribution in [-0.2, 0) is 11.8 Å². The van der Waals surface area contributed by atoms with E-state index in [1.165, 1.54) is 0 Å². The molecule has 0 N–H and O–H groups in total. The van der Waals surface area contributed by atoms with E-state index in [0.29, 0.717) is 12.1 Å². The van der Waals surface area contributed by atoms with Gasteiger partial charge in [-0.3, -0.25) is 0 Å². The van der Waals surface area contributed by atoms with Gasteiger partial charge in [-0.15, -0.1) is 0 Å². The van der Waals surface area contributed by atoms with E-state index in [-0.39, 0.29) is 44.6 Å². The van der Waals surface area contributed by atoms with E-state index in [9.17, 15) is 9.59 Å². The number of nitriles is 1. The average Bonchev–Trinajstić information content (AvgIpc) is 2.96. The molecule has 1 aromatic heterocycles. The normalized spacial score (nSPS) is 21.4. The number of carbonyl (C=O) groups excluding carboxylic acids is 2. The number of fused-ring (bicyclic) bond motifs is 1. The first-order valence-corrected chi connectivity index (χ1v) is 11.1. The van der Waals surface area contributed by atoms with Crippen LogP contribution in [0.1, 0.15) is 54.6 Å². The molecule has 0 saturated carbocycles. The first-order valence-electron chi connectivity index (χ1n) is 8.32. The predicted molar refractivity (Wildman–Crippen MR) is 89.3 cm³/mol. The third kappa shape index (κ3) is 3.97. The van der Waals surface area contributed by atoms with Crippen molar-refractivity contribution in [3.63, 3.8) is 0 Å². The molecule has 0 aliphatic heterocycles. The van der Waals surface area contributed by atoms with Crippen molar-refractivity contribution in [2.45, 2.75) is 38.5 Å². The summed E-state index contributed by atoms with van der Waals surface area (Å²) in [5.41, 5.74) is 1.55. The Hall–Kier alpha value is -1.42. The third-order valence-corrected chi connectivity index (χ3v) is 6.95. The molecule has 1 aromatic rings. The van der Waals surface area contributed by atoms with Crippen LogP contribution < -0.4 is 21.2 Å². The fourth-order valence-electron chi connectivity index (χ4n) is 3.32. The fourth-order valence-corrected chi connectivity index (χ4v) is 4.93. The molecule has 1 heterocycles. The number of carbonyl (C=O) groups is 2. The van der Waals surface area contributed by atoms with E-state index in [0.717, 1.165) is 29.3 Å². The first kappa shape index (κ1) is 18.9. The van der Waals surface area contributed by atoms with Crippen molar-refractivity contribution in [2.75, 3.05) is 4.43 Å². The van der Waals surface area contributed by atoms with Crippen LogP contribution >= 0.6 is 0 Å². The molecule has 24 heavy (non-hydrogen) atoms. The van der Waals surface area contributed by atoms with Crippen molar-refractivity contribution in [1.29, 1.82) is 5.26 Å². The van der Waals surface area contributed by atoms with Crippen LogP contribution in [0.25, 0.3) is 0 Å². The van der Waals surface area contributed by atoms with Crippen molar-refractivity contribution in [2.24, 2.45) is 18.9 Å². The molecule has 0 spiro atoms. The van der Waals surface area contributed by atoms with Crippen LogP contribution in [-0.4, -0.2) is 20.6 Å². The first-order chi connectivity index (χ1) is 11.5. The number of aromatic nitrogens is 1. The zero-order valence-corrected chi connectivity index (χ0v) is 16.5. The summed E-state index contributed by atoms with van der Waals surface area (Å²) in [4.78, 5) is 25.2. The summed E-state index contributed by atoms with van der Waals surface area (Å²) < 4.78 is 4.73. The van der Waals surface area contributed by atoms with Crippen LogP contribution in [0.3, 0.4) is 0 Å². The molecule has 0 bridgehead atoms. The van der Waals surface area contributed by atoms with Gasteiger partial charge in [0.15, 0.2) is 0 Å². The molecule has 130 valence electrons. The second-order valence-electron chi connectivity index (χ2n) is 6.34. The Kier molecular flexibility index (Phi) is 6.79. The predicted octanol–water partition coefficient (Wildman–Crippen LogP) is 0.443. The van der Waals surface area contributed by atoms with Gasteiger partial charge in [0, 0.05) is 0 Å². The summed E-state index contributed by atoms with van der Waals surface area (Å²) in [6, 6.07) is 4.24. The second kappa shape index (κ2) is 8.61. The standard InChI is InChI=1S/C19H24IN2O2/c1-4-20-11-14(12-21)7-5-6-8-16-18(23)13(2)15-9-10-22(3)17(15)19(16)24/h4,9-10,13-14,16H,1,5-8,11H2,2-3H3/q-1. The zero-order valence-electron chi connectivity index (χ0n) is 14.3. The summed E-state index contributed by atoms with van der Waals surface area (Å²) in [7, 11) is 1.86. The molecule has 1 aliphatic carbocycles. The van der Waals surface area contributed by atoms with Crippen LogP contribution in [0.2, 0.25) is 0 Å². The Morgan fingerprint density at radius 2 is 2.21 bits per heavy atom. The molecule has 3 unspecified atom stereocenters. The number of ketones is 2. The van der Waals surface area contributed by atoms with Crippen molar-refractivity contribution in [3.8, 4) is 6.07 Å². The van der Waals surface area contributed by atoms with Crippen molar-refractivity contribution >= 4 is 11.6 Å². The van der Waals surface area contributed by atoms with Gasteiger partial charge in [-0.2, -0.15) is 0 Å². The summed E-state index contributed by atoms with van der Waals surface area (Å²) in [5, 5.41) is 9.16. The van der Waals surface area contributed by atoms with E-state index in [4.69, 9.17) is 5.26 Å². The monoisotopic (exact) mass is 439 g/mol. The Morgan fingerprint density at radius 1 is 1.46 bits per heavy atom. The van der Waals surface area contributed by atoms with Gasteiger partial charge < -0.3 is 0 Å². The maximum absolute atomic E-state index is 12.7. The Labute approximate surface area is 154 Å². The van der Waals surface area contributed by atoms with Crippen LogP contribution in [0.4, 0.5) is 0 Å². The minimum absolute atomic E-state index is 0.0324. The summed E-state index contributed by atoms with van der Waals surface area (Å²) in [6.45, 7) is 5.63. The number of Topliss-reactive ketones (excluding diaryl/α,β-unsaturated/α-hetero) is 2. The molecule has 0 amide bonds. The van der Waals surface area contributed by atoms with Crippen molar-refractivity contribution < 1.29 is 30.8 Å². The minimum atomic E-state index is -0.512. The zero-order chi connectivity index (χ0) is 17.7. The number of unbranched alkanes of at least 4 members (excludes halogenated alkanes) is 1. The SMILES string of the molecule is C=C[I-]CC(C#N)CCCCC1C(=O)c2c(ccn2C)C(C)C1=O.